The highest BCUT2D eigenvalue weighted by atomic mass is 35.5. The van der Waals surface area contributed by atoms with Crippen LogP contribution in [0.1, 0.15) is 33.8 Å². The van der Waals surface area contributed by atoms with Crippen molar-refractivity contribution < 1.29 is 27.2 Å². The molecular formula is C25H17Cl3F4N2O2. The molecular weight excluding hydrogens is 543 g/mol. The monoisotopic (exact) mass is 558 g/mol. The first-order chi connectivity index (χ1) is 16.9. The molecule has 1 fully saturated rings. The molecule has 4 nitrogen and oxygen atoms in total. The Morgan fingerprint density at radius 3 is 2.31 bits per heavy atom. The van der Waals surface area contributed by atoms with E-state index in [1.807, 2.05) is 0 Å². The van der Waals surface area contributed by atoms with Crippen molar-refractivity contribution in [2.45, 2.75) is 16.7 Å². The van der Waals surface area contributed by atoms with Crippen molar-refractivity contribution >= 4 is 58.0 Å². The van der Waals surface area contributed by atoms with Crippen LogP contribution in [0.25, 0.3) is 0 Å². The van der Waals surface area contributed by atoms with E-state index < -0.39 is 51.6 Å². The molecule has 0 aromatic heterocycles. The second kappa shape index (κ2) is 9.92. The lowest BCUT2D eigenvalue weighted by molar-refractivity contribution is -0.117. The van der Waals surface area contributed by atoms with Crippen molar-refractivity contribution in [3.05, 3.63) is 94.0 Å². The Morgan fingerprint density at radius 2 is 1.67 bits per heavy atom. The van der Waals surface area contributed by atoms with Crippen molar-refractivity contribution in [2.75, 3.05) is 17.3 Å². The van der Waals surface area contributed by atoms with Gasteiger partial charge in [0.25, 0.3) is 12.3 Å². The Balaban J connectivity index is 1.53. The molecule has 4 rings (SSSR count). The Morgan fingerprint density at radius 1 is 1.00 bits per heavy atom. The van der Waals surface area contributed by atoms with Crippen LogP contribution in [0.5, 0.6) is 0 Å². The van der Waals surface area contributed by atoms with Crippen LogP contribution in [0.15, 0.2) is 60.7 Å². The summed E-state index contributed by atoms with van der Waals surface area (Å²) < 4.78 is 51.5. The minimum atomic E-state index is -3.05. The van der Waals surface area contributed by atoms with Crippen LogP contribution in [0.4, 0.5) is 28.9 Å². The quantitative estimate of drug-likeness (QED) is 0.253. The van der Waals surface area contributed by atoms with Gasteiger partial charge in [0.05, 0.1) is 22.1 Å². The van der Waals surface area contributed by atoms with Gasteiger partial charge in [-0.3, -0.25) is 9.59 Å². The van der Waals surface area contributed by atoms with E-state index in [0.29, 0.717) is 5.69 Å². The zero-order chi connectivity index (χ0) is 26.4. The maximum atomic E-state index is 13.7. The predicted molar refractivity (Wildman–Crippen MR) is 131 cm³/mol. The summed E-state index contributed by atoms with van der Waals surface area (Å²) in [4.78, 5) is 27.2. The molecule has 0 saturated heterocycles. The zero-order valence-corrected chi connectivity index (χ0v) is 20.7. The molecule has 1 saturated carbocycles. The molecule has 1 aliphatic rings. The number of carbonyl (C=O) groups is 2. The minimum absolute atomic E-state index is 0.0664. The van der Waals surface area contributed by atoms with Crippen molar-refractivity contribution in [1.82, 2.24) is 0 Å². The number of rotatable bonds is 6. The average Bonchev–Trinajstić information content (AvgIpc) is 3.41. The van der Waals surface area contributed by atoms with Crippen LogP contribution in [0.2, 0.25) is 5.02 Å². The molecule has 2 amide bonds. The lowest BCUT2D eigenvalue weighted by Gasteiger charge is -2.18. The molecule has 3 aromatic carbocycles. The minimum Gasteiger partial charge on any atom is -0.326 e. The molecule has 0 heterocycles. The van der Waals surface area contributed by atoms with E-state index in [4.69, 9.17) is 34.8 Å². The number of alkyl halides is 4. The number of benzene rings is 3. The lowest BCUT2D eigenvalue weighted by atomic mass is 10.0. The molecule has 36 heavy (non-hydrogen) atoms. The zero-order valence-electron chi connectivity index (χ0n) is 18.4. The molecule has 0 unspecified atom stereocenters. The summed E-state index contributed by atoms with van der Waals surface area (Å²) in [7, 11) is 1.48. The van der Waals surface area contributed by atoms with Gasteiger partial charge in [0.2, 0.25) is 5.91 Å². The molecule has 0 aliphatic heterocycles. The van der Waals surface area contributed by atoms with Gasteiger partial charge in [0.1, 0.15) is 16.0 Å². The highest BCUT2D eigenvalue weighted by molar-refractivity contribution is 6.53. The summed E-state index contributed by atoms with van der Waals surface area (Å²) in [5.74, 6) is -4.54. The third-order valence-corrected chi connectivity index (χ3v) is 7.20. The fourth-order valence-corrected chi connectivity index (χ4v) is 4.97. The third kappa shape index (κ3) is 5.03. The fraction of sp³-hybridized carbons (Fsp3) is 0.200. The molecule has 11 heteroatoms. The van der Waals surface area contributed by atoms with Gasteiger partial charge in [-0.05, 0) is 60.2 Å². The van der Waals surface area contributed by atoms with Crippen molar-refractivity contribution in [2.24, 2.45) is 5.92 Å². The summed E-state index contributed by atoms with van der Waals surface area (Å²) in [5, 5.41) is 2.72. The van der Waals surface area contributed by atoms with Crippen LogP contribution in [0.3, 0.4) is 0 Å². The molecule has 2 atom stereocenters. The Labute approximate surface area is 218 Å². The Bertz CT molecular complexity index is 1340. The Kier molecular flexibility index (Phi) is 7.23. The van der Waals surface area contributed by atoms with Crippen LogP contribution >= 0.6 is 34.8 Å². The molecule has 0 radical (unpaired) electrons. The van der Waals surface area contributed by atoms with E-state index >= 15 is 0 Å². The molecule has 0 bridgehead atoms. The summed E-state index contributed by atoms with van der Waals surface area (Å²) in [5.41, 5.74) is 0.0852. The number of hydrogen-bond donors (Lipinski definition) is 1. The topological polar surface area (TPSA) is 49.4 Å². The molecule has 3 aromatic rings. The van der Waals surface area contributed by atoms with E-state index in [0.717, 1.165) is 12.1 Å². The highest BCUT2D eigenvalue weighted by Gasteiger charge is 2.67. The number of hydrogen-bond acceptors (Lipinski definition) is 2. The average molecular weight is 560 g/mol. The number of amides is 2. The highest BCUT2D eigenvalue weighted by Crippen LogP contribution is 2.65. The first kappa shape index (κ1) is 26.3. The van der Waals surface area contributed by atoms with Crippen molar-refractivity contribution in [3.63, 3.8) is 0 Å². The van der Waals surface area contributed by atoms with Crippen LogP contribution < -0.4 is 10.2 Å². The van der Waals surface area contributed by atoms with Crippen LogP contribution in [0, 0.1) is 17.6 Å². The van der Waals surface area contributed by atoms with Gasteiger partial charge in [-0.1, -0.05) is 17.7 Å². The van der Waals surface area contributed by atoms with Gasteiger partial charge in [0, 0.05) is 24.3 Å². The maximum absolute atomic E-state index is 13.7. The molecule has 0 spiro atoms. The first-order valence-corrected chi connectivity index (χ1v) is 11.6. The number of nitrogens with zero attached hydrogens (tertiary/aromatic N) is 1. The number of carbonyl (C=O) groups excluding carboxylic acids is 2. The van der Waals surface area contributed by atoms with E-state index in [9.17, 15) is 27.2 Å². The lowest BCUT2D eigenvalue weighted by Crippen LogP contribution is -2.26. The largest absolute Gasteiger partial charge is 0.326 e. The molecule has 1 aliphatic carbocycles. The van der Waals surface area contributed by atoms with Crippen molar-refractivity contribution in [3.8, 4) is 0 Å². The van der Waals surface area contributed by atoms with E-state index in [-0.39, 0.29) is 21.8 Å². The maximum Gasteiger partial charge on any atom is 0.266 e. The summed E-state index contributed by atoms with van der Waals surface area (Å²) in [6.07, 6.45) is -3.05. The predicted octanol–water partition coefficient (Wildman–Crippen LogP) is 7.36. The second-order valence-corrected chi connectivity index (χ2v) is 10.1. The molecule has 188 valence electrons. The standard InChI is InChI=1S/C25H17Cl3F4N2O2/c1-34(15-6-3-13(29)4-7-15)24(36)16-11-14(5-8-18(16)26)33-23(35)21-20(25(21,27)28)12-2-9-19(30)17(10-12)22(31)32/h2-11,20-22H,1H3,(H,33,35)/t20-,21+/m0/s1. The van der Waals surface area contributed by atoms with Gasteiger partial charge >= 0.3 is 0 Å². The second-order valence-electron chi connectivity index (χ2n) is 8.24. The van der Waals surface area contributed by atoms with E-state index in [1.54, 1.807) is 0 Å². The SMILES string of the molecule is CN(C(=O)c1cc(NC(=O)[C@H]2[C@H](c3ccc(F)c(C(F)F)c3)C2(Cl)Cl)ccc1Cl)c1ccc(F)cc1. The smallest absolute Gasteiger partial charge is 0.266 e. The van der Waals surface area contributed by atoms with E-state index in [1.165, 1.54) is 60.5 Å². The number of halogens is 7. The van der Waals surface area contributed by atoms with Gasteiger partial charge in [0.15, 0.2) is 0 Å². The Hall–Kier alpha value is -2.81. The number of nitrogens with one attached hydrogen (secondary N) is 1. The van der Waals surface area contributed by atoms with Gasteiger partial charge in [-0.2, -0.15) is 0 Å². The van der Waals surface area contributed by atoms with Crippen molar-refractivity contribution in [1.29, 1.82) is 0 Å². The van der Waals surface area contributed by atoms with Crippen LogP contribution in [-0.4, -0.2) is 23.2 Å². The van der Waals surface area contributed by atoms with Gasteiger partial charge in [-0.25, -0.2) is 17.6 Å². The number of anilines is 2. The molecule has 1 N–H and O–H groups in total. The van der Waals surface area contributed by atoms with Gasteiger partial charge in [-0.15, -0.1) is 23.2 Å². The van der Waals surface area contributed by atoms with E-state index in [2.05, 4.69) is 5.32 Å². The third-order valence-electron chi connectivity index (χ3n) is 5.93. The summed E-state index contributed by atoms with van der Waals surface area (Å²) in [6.45, 7) is 0. The van der Waals surface area contributed by atoms with Crippen LogP contribution in [-0.2, 0) is 4.79 Å². The first-order valence-electron chi connectivity index (χ1n) is 10.5. The van der Waals surface area contributed by atoms with Gasteiger partial charge < -0.3 is 10.2 Å². The fourth-order valence-electron chi connectivity index (χ4n) is 3.94. The summed E-state index contributed by atoms with van der Waals surface area (Å²) >= 11 is 18.8. The normalized spacial score (nSPS) is 18.1. The summed E-state index contributed by atoms with van der Waals surface area (Å²) in [6, 6.07) is 12.6.